The summed E-state index contributed by atoms with van der Waals surface area (Å²) in [5.41, 5.74) is 0. The van der Waals surface area contributed by atoms with E-state index < -0.39 is 0 Å². The Balaban J connectivity index is -0.0000000827. The number of aliphatic hydroxyl groups is 2. The summed E-state index contributed by atoms with van der Waals surface area (Å²) in [5.74, 6) is -0.182. The molecule has 0 saturated heterocycles. The van der Waals surface area contributed by atoms with Crippen LogP contribution in [0.1, 0.15) is 40.5 Å². The highest BCUT2D eigenvalue weighted by atomic mass is 16.5. The van der Waals surface area contributed by atoms with Crippen molar-refractivity contribution in [3.63, 3.8) is 0 Å². The molecule has 110 valence electrons. The third-order valence-electron chi connectivity index (χ3n) is 0.903. The van der Waals surface area contributed by atoms with Gasteiger partial charge < -0.3 is 14.9 Å². The molecule has 0 atom stereocenters. The van der Waals surface area contributed by atoms with Gasteiger partial charge in [-0.15, -0.1) is 13.2 Å². The van der Waals surface area contributed by atoms with Gasteiger partial charge in [-0.2, -0.15) is 0 Å². The molecule has 0 radical (unpaired) electrons. The van der Waals surface area contributed by atoms with Gasteiger partial charge in [-0.1, -0.05) is 25.5 Å². The van der Waals surface area contributed by atoms with Crippen LogP contribution in [0.4, 0.5) is 0 Å². The Morgan fingerprint density at radius 2 is 1.50 bits per heavy atom. The van der Waals surface area contributed by atoms with E-state index in [1.54, 1.807) is 12.2 Å². The van der Waals surface area contributed by atoms with Crippen LogP contribution in [-0.4, -0.2) is 36.0 Å². The lowest BCUT2D eigenvalue weighted by Gasteiger charge is -1.96. The molecular formula is C14H30O4. The summed E-state index contributed by atoms with van der Waals surface area (Å²) < 4.78 is 4.64. The molecule has 0 spiro atoms. The van der Waals surface area contributed by atoms with E-state index in [0.717, 1.165) is 12.8 Å². The van der Waals surface area contributed by atoms with E-state index in [0.29, 0.717) is 6.61 Å². The van der Waals surface area contributed by atoms with Crippen LogP contribution in [0.5, 0.6) is 0 Å². The molecule has 0 fully saturated rings. The van der Waals surface area contributed by atoms with Crippen molar-refractivity contribution in [3.8, 4) is 0 Å². The number of unbranched alkanes of at least 4 members (excludes halogenated alkanes) is 1. The molecule has 2 N–H and O–H groups in total. The topological polar surface area (TPSA) is 66.8 Å². The number of hydrogen-bond acceptors (Lipinski definition) is 4. The molecule has 0 saturated carbocycles. The van der Waals surface area contributed by atoms with Crippen LogP contribution >= 0.6 is 0 Å². The summed E-state index contributed by atoms with van der Waals surface area (Å²) in [4.78, 5) is 10.1. The maximum Gasteiger partial charge on any atom is 0.302 e. The number of carbonyl (C=O) groups excluding carboxylic acids is 1. The van der Waals surface area contributed by atoms with Crippen LogP contribution in [0.15, 0.2) is 25.3 Å². The fourth-order valence-corrected chi connectivity index (χ4v) is 0.360. The lowest BCUT2D eigenvalue weighted by Crippen LogP contribution is -1.99. The number of carbonyl (C=O) groups is 1. The molecule has 18 heavy (non-hydrogen) atoms. The minimum absolute atomic E-state index is 0.125. The molecule has 0 aromatic rings. The molecule has 0 amide bonds. The molecule has 0 unspecified atom stereocenters. The van der Waals surface area contributed by atoms with Crippen LogP contribution in [0.3, 0.4) is 0 Å². The molecule has 0 aliphatic heterocycles. The predicted molar refractivity (Wildman–Crippen MR) is 77.5 cm³/mol. The number of rotatable bonds is 4. The van der Waals surface area contributed by atoms with Crippen molar-refractivity contribution in [2.45, 2.75) is 40.5 Å². The third-order valence-corrected chi connectivity index (χ3v) is 0.903. The van der Waals surface area contributed by atoms with Crippen molar-refractivity contribution < 1.29 is 19.7 Å². The molecule has 4 heteroatoms. The molecular weight excluding hydrogens is 232 g/mol. The first-order chi connectivity index (χ1) is 8.51. The lowest BCUT2D eigenvalue weighted by atomic mass is 10.4. The molecule has 0 bridgehead atoms. The van der Waals surface area contributed by atoms with Gasteiger partial charge in [0, 0.05) is 6.92 Å². The summed E-state index contributed by atoms with van der Waals surface area (Å²) in [6.45, 7) is 14.3. The average Bonchev–Trinajstić information content (AvgIpc) is 2.31. The normalized spacial score (nSPS) is 7.00. The van der Waals surface area contributed by atoms with Gasteiger partial charge in [-0.25, -0.2) is 0 Å². The maximum absolute atomic E-state index is 10.1. The Kier molecular flexibility index (Phi) is 51.3. The third kappa shape index (κ3) is 121. The quantitative estimate of drug-likeness (QED) is 0.464. The molecule has 0 rings (SSSR count). The van der Waals surface area contributed by atoms with E-state index in [1.165, 1.54) is 6.92 Å². The predicted octanol–water partition coefficient (Wildman–Crippen LogP) is 2.71. The van der Waals surface area contributed by atoms with Crippen LogP contribution in [0, 0.1) is 0 Å². The zero-order valence-electron chi connectivity index (χ0n) is 12.3. The first-order valence-electron chi connectivity index (χ1n) is 6.01. The molecule has 0 aromatic carbocycles. The van der Waals surface area contributed by atoms with Crippen molar-refractivity contribution in [2.75, 3.05) is 19.8 Å². The molecule has 0 heterocycles. The second-order valence-corrected chi connectivity index (χ2v) is 2.96. The standard InChI is InChI=1S/C6H12O2.2C3H6.C2H6O2/c1-3-4-5-8-6(2)7;2*1-3-2;3-1-2-4/h3-5H2,1-2H3;2*3H,1H2,2H3;3-4H,1-2H2. The molecule has 0 aliphatic carbocycles. The zero-order chi connectivity index (χ0) is 15.2. The van der Waals surface area contributed by atoms with Crippen LogP contribution in [0.25, 0.3) is 0 Å². The maximum atomic E-state index is 10.1. The zero-order valence-corrected chi connectivity index (χ0v) is 12.3. The van der Waals surface area contributed by atoms with E-state index in [4.69, 9.17) is 10.2 Å². The van der Waals surface area contributed by atoms with Crippen LogP contribution in [-0.2, 0) is 9.53 Å². The van der Waals surface area contributed by atoms with Gasteiger partial charge in [-0.05, 0) is 20.3 Å². The number of hydrogen-bond donors (Lipinski definition) is 2. The van der Waals surface area contributed by atoms with Gasteiger partial charge in [0.25, 0.3) is 0 Å². The van der Waals surface area contributed by atoms with Gasteiger partial charge in [0.05, 0.1) is 19.8 Å². The fourth-order valence-electron chi connectivity index (χ4n) is 0.360. The smallest absolute Gasteiger partial charge is 0.302 e. The van der Waals surface area contributed by atoms with Gasteiger partial charge in [0.15, 0.2) is 0 Å². The Morgan fingerprint density at radius 3 is 1.67 bits per heavy atom. The first kappa shape index (κ1) is 25.7. The monoisotopic (exact) mass is 262 g/mol. The molecule has 4 nitrogen and oxygen atoms in total. The highest BCUT2D eigenvalue weighted by Crippen LogP contribution is 1.86. The molecule has 0 aliphatic rings. The molecule has 0 aromatic heterocycles. The second-order valence-electron chi connectivity index (χ2n) is 2.96. The minimum Gasteiger partial charge on any atom is -0.466 e. The summed E-state index contributed by atoms with van der Waals surface area (Å²) in [7, 11) is 0. The van der Waals surface area contributed by atoms with E-state index in [2.05, 4.69) is 24.8 Å². The van der Waals surface area contributed by atoms with Crippen molar-refractivity contribution in [3.05, 3.63) is 25.3 Å². The largest absolute Gasteiger partial charge is 0.466 e. The number of aliphatic hydroxyl groups excluding tert-OH is 2. The van der Waals surface area contributed by atoms with Crippen LogP contribution in [0.2, 0.25) is 0 Å². The highest BCUT2D eigenvalue weighted by Gasteiger charge is 1.88. The van der Waals surface area contributed by atoms with Crippen molar-refractivity contribution in [2.24, 2.45) is 0 Å². The lowest BCUT2D eigenvalue weighted by molar-refractivity contribution is -0.141. The summed E-state index contributed by atoms with van der Waals surface area (Å²) in [5, 5.41) is 15.2. The van der Waals surface area contributed by atoms with Gasteiger partial charge >= 0.3 is 5.97 Å². The Bertz CT molecular complexity index is 148. The number of ether oxygens (including phenoxy) is 1. The van der Waals surface area contributed by atoms with Crippen molar-refractivity contribution in [1.29, 1.82) is 0 Å². The van der Waals surface area contributed by atoms with Gasteiger partial charge in [-0.3, -0.25) is 4.79 Å². The summed E-state index contributed by atoms with van der Waals surface area (Å²) in [6.07, 6.45) is 5.55. The van der Waals surface area contributed by atoms with E-state index >= 15 is 0 Å². The summed E-state index contributed by atoms with van der Waals surface area (Å²) in [6, 6.07) is 0. The average molecular weight is 262 g/mol. The van der Waals surface area contributed by atoms with Crippen LogP contribution < -0.4 is 0 Å². The van der Waals surface area contributed by atoms with Crippen molar-refractivity contribution >= 4 is 5.97 Å². The van der Waals surface area contributed by atoms with E-state index in [-0.39, 0.29) is 19.2 Å². The Labute approximate surface area is 112 Å². The van der Waals surface area contributed by atoms with Gasteiger partial charge in [0.1, 0.15) is 0 Å². The summed E-state index contributed by atoms with van der Waals surface area (Å²) >= 11 is 0. The SMILES string of the molecule is C=CC.C=CC.CCCCOC(C)=O.OCCO. The Morgan fingerprint density at radius 1 is 1.17 bits per heavy atom. The second kappa shape index (κ2) is 36.0. The van der Waals surface area contributed by atoms with Gasteiger partial charge in [0.2, 0.25) is 0 Å². The minimum atomic E-state index is -0.182. The first-order valence-corrected chi connectivity index (χ1v) is 6.01. The highest BCUT2D eigenvalue weighted by molar-refractivity contribution is 5.65. The Hall–Kier alpha value is -1.13. The number of esters is 1. The van der Waals surface area contributed by atoms with E-state index in [1.807, 2.05) is 13.8 Å². The number of allylic oxidation sites excluding steroid dienone is 2. The fraction of sp³-hybridized carbons (Fsp3) is 0.643. The van der Waals surface area contributed by atoms with E-state index in [9.17, 15) is 4.79 Å². The van der Waals surface area contributed by atoms with Crippen molar-refractivity contribution in [1.82, 2.24) is 0 Å².